The van der Waals surface area contributed by atoms with Gasteiger partial charge >= 0.3 is 0 Å². The molecule has 0 aromatic rings. The Labute approximate surface area is 109 Å². The minimum absolute atomic E-state index is 1.06. The second kappa shape index (κ2) is 8.90. The highest BCUT2D eigenvalue weighted by Crippen LogP contribution is 2.00. The van der Waals surface area contributed by atoms with Gasteiger partial charge in [0.15, 0.2) is 0 Å². The third kappa shape index (κ3) is 12.1. The first kappa shape index (κ1) is 16.9. The van der Waals surface area contributed by atoms with E-state index in [1.165, 1.54) is 52.0 Å². The van der Waals surface area contributed by atoms with Gasteiger partial charge in [0.25, 0.3) is 0 Å². The van der Waals surface area contributed by atoms with Crippen molar-refractivity contribution in [2.75, 3.05) is 68.0 Å². The molecule has 0 saturated carbocycles. The molecule has 0 aliphatic heterocycles. The van der Waals surface area contributed by atoms with Crippen molar-refractivity contribution in [2.45, 2.75) is 26.2 Å². The maximum absolute atomic E-state index is 2.62. The van der Waals surface area contributed by atoms with Crippen LogP contribution in [0.5, 0.6) is 0 Å². The highest BCUT2D eigenvalue weighted by atomic mass is 15.3. The lowest BCUT2D eigenvalue weighted by atomic mass is 10.2. The van der Waals surface area contributed by atoms with E-state index in [0.29, 0.717) is 0 Å². The number of hydrogen-bond donors (Lipinski definition) is 0. The molecule has 17 heavy (non-hydrogen) atoms. The van der Waals surface area contributed by atoms with E-state index < -0.39 is 0 Å². The number of likely N-dealkylation sites (N-methyl/N-ethyl adjacent to an activating group) is 2. The van der Waals surface area contributed by atoms with Crippen molar-refractivity contribution in [1.29, 1.82) is 0 Å². The first-order valence-corrected chi connectivity index (χ1v) is 7.02. The Balaban J connectivity index is 3.92. The van der Waals surface area contributed by atoms with E-state index in [9.17, 15) is 0 Å². The molecule has 0 unspecified atom stereocenters. The van der Waals surface area contributed by atoms with Crippen molar-refractivity contribution in [1.82, 2.24) is 9.80 Å². The molecular formula is C14H34N3+. The van der Waals surface area contributed by atoms with E-state index in [0.717, 1.165) is 4.48 Å². The molecule has 0 fully saturated rings. The van der Waals surface area contributed by atoms with Gasteiger partial charge < -0.3 is 9.38 Å². The molecule has 0 aromatic heterocycles. The predicted molar refractivity (Wildman–Crippen MR) is 77.4 cm³/mol. The second-order valence-corrected chi connectivity index (χ2v) is 6.37. The van der Waals surface area contributed by atoms with Crippen molar-refractivity contribution >= 4 is 0 Å². The number of quaternary nitrogens is 1. The van der Waals surface area contributed by atoms with Crippen LogP contribution in [0.3, 0.4) is 0 Å². The fourth-order valence-corrected chi connectivity index (χ4v) is 1.70. The van der Waals surface area contributed by atoms with Crippen molar-refractivity contribution in [3.63, 3.8) is 0 Å². The van der Waals surface area contributed by atoms with Crippen LogP contribution >= 0.6 is 0 Å². The van der Waals surface area contributed by atoms with Gasteiger partial charge in [0.05, 0.1) is 27.7 Å². The van der Waals surface area contributed by atoms with Crippen molar-refractivity contribution in [3.8, 4) is 0 Å². The topological polar surface area (TPSA) is 6.48 Å². The smallest absolute Gasteiger partial charge is 0.0909 e. The Morgan fingerprint density at radius 3 is 1.94 bits per heavy atom. The molecule has 0 radical (unpaired) electrons. The van der Waals surface area contributed by atoms with Gasteiger partial charge in [0, 0.05) is 19.6 Å². The van der Waals surface area contributed by atoms with Gasteiger partial charge in [-0.15, -0.1) is 0 Å². The van der Waals surface area contributed by atoms with Crippen LogP contribution in [0.15, 0.2) is 0 Å². The molecule has 0 aliphatic carbocycles. The quantitative estimate of drug-likeness (QED) is 0.427. The van der Waals surface area contributed by atoms with Gasteiger partial charge in [0.2, 0.25) is 0 Å². The summed E-state index contributed by atoms with van der Waals surface area (Å²) >= 11 is 0. The Morgan fingerprint density at radius 2 is 1.47 bits per heavy atom. The molecule has 3 nitrogen and oxygen atoms in total. The fourth-order valence-electron chi connectivity index (χ4n) is 1.70. The summed E-state index contributed by atoms with van der Waals surface area (Å²) in [5.74, 6) is 0. The minimum atomic E-state index is 1.06. The molecule has 0 rings (SSSR count). The average molecular weight is 244 g/mol. The SMILES string of the molecule is CCCCCN(CCN(C)C)CC[N+](C)(C)C. The third-order valence-corrected chi connectivity index (χ3v) is 3.03. The zero-order chi connectivity index (χ0) is 13.3. The van der Waals surface area contributed by atoms with Crippen LogP contribution < -0.4 is 0 Å². The highest BCUT2D eigenvalue weighted by Gasteiger charge is 2.11. The Morgan fingerprint density at radius 1 is 0.824 bits per heavy atom. The number of hydrogen-bond acceptors (Lipinski definition) is 2. The standard InChI is InChI=1S/C14H34N3/c1-7-8-9-10-16(12-11-15(2)3)13-14-17(4,5)6/h7-14H2,1-6H3/q+1. The van der Waals surface area contributed by atoms with Crippen LogP contribution in [0.4, 0.5) is 0 Å². The molecule has 0 N–H and O–H groups in total. The van der Waals surface area contributed by atoms with Crippen molar-refractivity contribution in [3.05, 3.63) is 0 Å². The van der Waals surface area contributed by atoms with Crippen LogP contribution in [0, 0.1) is 0 Å². The van der Waals surface area contributed by atoms with E-state index >= 15 is 0 Å². The van der Waals surface area contributed by atoms with Crippen LogP contribution in [-0.4, -0.2) is 82.2 Å². The Hall–Kier alpha value is -0.120. The van der Waals surface area contributed by atoms with E-state index in [2.05, 4.69) is 52.0 Å². The summed E-state index contributed by atoms with van der Waals surface area (Å²) in [6.07, 6.45) is 4.03. The Bertz CT molecular complexity index is 173. The van der Waals surface area contributed by atoms with E-state index in [1.54, 1.807) is 0 Å². The molecular weight excluding hydrogens is 210 g/mol. The third-order valence-electron chi connectivity index (χ3n) is 3.03. The maximum atomic E-state index is 2.62. The fraction of sp³-hybridized carbons (Fsp3) is 1.00. The number of rotatable bonds is 10. The van der Waals surface area contributed by atoms with Gasteiger partial charge in [0.1, 0.15) is 0 Å². The van der Waals surface area contributed by atoms with Gasteiger partial charge in [-0.1, -0.05) is 19.8 Å². The lowest BCUT2D eigenvalue weighted by Gasteiger charge is -2.29. The van der Waals surface area contributed by atoms with Crippen LogP contribution in [0.1, 0.15) is 26.2 Å². The van der Waals surface area contributed by atoms with Gasteiger partial charge in [-0.05, 0) is 27.1 Å². The van der Waals surface area contributed by atoms with E-state index in [4.69, 9.17) is 0 Å². The van der Waals surface area contributed by atoms with Crippen molar-refractivity contribution in [2.24, 2.45) is 0 Å². The molecule has 0 aliphatic rings. The molecule has 0 heterocycles. The molecule has 0 aromatic carbocycles. The van der Waals surface area contributed by atoms with Gasteiger partial charge in [-0.2, -0.15) is 0 Å². The molecule has 104 valence electrons. The summed E-state index contributed by atoms with van der Waals surface area (Å²) in [6, 6.07) is 0. The lowest BCUT2D eigenvalue weighted by Crippen LogP contribution is -2.43. The van der Waals surface area contributed by atoms with Crippen LogP contribution in [-0.2, 0) is 0 Å². The van der Waals surface area contributed by atoms with E-state index in [-0.39, 0.29) is 0 Å². The van der Waals surface area contributed by atoms with Crippen LogP contribution in [0.25, 0.3) is 0 Å². The molecule has 0 spiro atoms. The first-order valence-electron chi connectivity index (χ1n) is 7.02. The summed E-state index contributed by atoms with van der Waals surface area (Å²) in [4.78, 5) is 4.90. The normalized spacial score (nSPS) is 12.7. The lowest BCUT2D eigenvalue weighted by molar-refractivity contribution is -0.869. The highest BCUT2D eigenvalue weighted by molar-refractivity contribution is 4.59. The number of nitrogens with zero attached hydrogens (tertiary/aromatic N) is 3. The summed E-state index contributed by atoms with van der Waals surface area (Å²) in [5, 5.41) is 0. The maximum Gasteiger partial charge on any atom is 0.0909 e. The molecule has 0 bridgehead atoms. The summed E-state index contributed by atoms with van der Waals surface area (Å²) < 4.78 is 1.06. The predicted octanol–water partition coefficient (Wildman–Crippen LogP) is 1.75. The van der Waals surface area contributed by atoms with Gasteiger partial charge in [-0.3, -0.25) is 4.90 Å². The van der Waals surface area contributed by atoms with Gasteiger partial charge in [-0.25, -0.2) is 0 Å². The van der Waals surface area contributed by atoms with Crippen LogP contribution in [0.2, 0.25) is 0 Å². The summed E-state index contributed by atoms with van der Waals surface area (Å²) in [7, 11) is 11.1. The molecule has 0 atom stereocenters. The molecule has 0 amide bonds. The average Bonchev–Trinajstić information content (AvgIpc) is 2.20. The minimum Gasteiger partial charge on any atom is -0.330 e. The zero-order valence-corrected chi connectivity index (χ0v) is 13.0. The Kier molecular flexibility index (Phi) is 8.83. The number of unbranched alkanes of at least 4 members (excludes halogenated alkanes) is 2. The molecule has 0 saturated heterocycles. The van der Waals surface area contributed by atoms with Crippen molar-refractivity contribution < 1.29 is 4.48 Å². The summed E-state index contributed by atoms with van der Waals surface area (Å²) in [5.41, 5.74) is 0. The second-order valence-electron chi connectivity index (χ2n) is 6.37. The first-order chi connectivity index (χ1) is 7.85. The zero-order valence-electron chi connectivity index (χ0n) is 13.0. The molecule has 3 heteroatoms. The summed E-state index contributed by atoms with van der Waals surface area (Å²) in [6.45, 7) is 8.37. The van der Waals surface area contributed by atoms with E-state index in [1.807, 2.05) is 0 Å². The largest absolute Gasteiger partial charge is 0.330 e. The monoisotopic (exact) mass is 244 g/mol.